The maximum absolute atomic E-state index is 11.5. The number of carboxylic acid groups (broad SMARTS) is 1. The van der Waals surface area contributed by atoms with E-state index in [1.165, 1.54) is 12.1 Å². The zero-order valence-electron chi connectivity index (χ0n) is 10.6. The number of hydrogen-bond acceptors (Lipinski definition) is 3. The summed E-state index contributed by atoms with van der Waals surface area (Å²) in [6, 6.07) is 2.94. The Bertz CT molecular complexity index is 656. The van der Waals surface area contributed by atoms with Gasteiger partial charge in [0, 0.05) is 16.5 Å². The molecule has 0 saturated carbocycles. The maximum atomic E-state index is 11.5. The average molecular weight is 335 g/mol. The first-order valence-corrected chi connectivity index (χ1v) is 6.84. The van der Waals surface area contributed by atoms with Crippen LogP contribution in [-0.4, -0.2) is 16.2 Å². The topological polar surface area (TPSA) is 63.3 Å². The van der Waals surface area contributed by atoms with Gasteiger partial charge in [0.2, 0.25) is 0 Å². The SMILES string of the molecule is CC(C)c1onc(-c2c(Cl)cc(Cl)cc2Cl)c1C(=O)O. The lowest BCUT2D eigenvalue weighted by atomic mass is 10.0. The van der Waals surface area contributed by atoms with Gasteiger partial charge in [0.25, 0.3) is 0 Å². The molecule has 1 heterocycles. The van der Waals surface area contributed by atoms with Crippen LogP contribution in [-0.2, 0) is 0 Å². The van der Waals surface area contributed by atoms with Crippen LogP contribution in [0.25, 0.3) is 11.3 Å². The van der Waals surface area contributed by atoms with Crippen molar-refractivity contribution in [2.24, 2.45) is 0 Å². The first-order chi connectivity index (χ1) is 9.32. The highest BCUT2D eigenvalue weighted by molar-refractivity contribution is 6.42. The fraction of sp³-hybridized carbons (Fsp3) is 0.231. The van der Waals surface area contributed by atoms with Gasteiger partial charge in [0.15, 0.2) is 5.76 Å². The van der Waals surface area contributed by atoms with Gasteiger partial charge >= 0.3 is 5.97 Å². The monoisotopic (exact) mass is 333 g/mol. The van der Waals surface area contributed by atoms with E-state index in [-0.39, 0.29) is 33.0 Å². The van der Waals surface area contributed by atoms with Crippen LogP contribution in [0.5, 0.6) is 0 Å². The van der Waals surface area contributed by atoms with Crippen molar-refractivity contribution in [2.75, 3.05) is 0 Å². The van der Waals surface area contributed by atoms with E-state index >= 15 is 0 Å². The second-order valence-electron chi connectivity index (χ2n) is 4.47. The Kier molecular flexibility index (Phi) is 4.28. The van der Waals surface area contributed by atoms with Gasteiger partial charge in [-0.15, -0.1) is 0 Å². The fourth-order valence-corrected chi connectivity index (χ4v) is 2.84. The third-order valence-corrected chi connectivity index (χ3v) is 3.51. The summed E-state index contributed by atoms with van der Waals surface area (Å²) >= 11 is 18.0. The van der Waals surface area contributed by atoms with Gasteiger partial charge in [0.1, 0.15) is 11.3 Å². The molecule has 0 aliphatic carbocycles. The Hall–Kier alpha value is -1.23. The first kappa shape index (κ1) is 15.2. The van der Waals surface area contributed by atoms with E-state index in [2.05, 4.69) is 5.16 Å². The Morgan fingerprint density at radius 2 is 1.80 bits per heavy atom. The van der Waals surface area contributed by atoms with Crippen LogP contribution in [0.4, 0.5) is 0 Å². The zero-order chi connectivity index (χ0) is 15.0. The van der Waals surface area contributed by atoms with Crippen molar-refractivity contribution < 1.29 is 14.4 Å². The number of benzene rings is 1. The molecule has 0 radical (unpaired) electrons. The standard InChI is InChI=1S/C13H10Cl3NO3/c1-5(2)12-10(13(18)19)11(17-20-12)9-7(15)3-6(14)4-8(9)16/h3-5H,1-2H3,(H,18,19). The molecule has 0 bridgehead atoms. The predicted molar refractivity (Wildman–Crippen MR) is 78.0 cm³/mol. The molecular formula is C13H10Cl3NO3. The van der Waals surface area contributed by atoms with Crippen LogP contribution >= 0.6 is 34.8 Å². The van der Waals surface area contributed by atoms with E-state index in [4.69, 9.17) is 39.3 Å². The third kappa shape index (κ3) is 2.64. The molecule has 0 amide bonds. The molecule has 0 spiro atoms. The molecule has 1 aromatic heterocycles. The molecule has 2 aromatic rings. The minimum Gasteiger partial charge on any atom is -0.477 e. The van der Waals surface area contributed by atoms with Gasteiger partial charge in [-0.05, 0) is 12.1 Å². The van der Waals surface area contributed by atoms with Gasteiger partial charge in [-0.3, -0.25) is 0 Å². The van der Waals surface area contributed by atoms with Crippen LogP contribution < -0.4 is 0 Å². The Labute approximate surface area is 130 Å². The van der Waals surface area contributed by atoms with Gasteiger partial charge < -0.3 is 9.63 Å². The maximum Gasteiger partial charge on any atom is 0.341 e. The van der Waals surface area contributed by atoms with Gasteiger partial charge in [0.05, 0.1) is 10.0 Å². The third-order valence-electron chi connectivity index (χ3n) is 2.70. The van der Waals surface area contributed by atoms with Crippen molar-refractivity contribution in [3.63, 3.8) is 0 Å². The lowest BCUT2D eigenvalue weighted by molar-refractivity contribution is 0.0694. The summed E-state index contributed by atoms with van der Waals surface area (Å²) in [4.78, 5) is 11.5. The largest absolute Gasteiger partial charge is 0.477 e. The number of hydrogen-bond donors (Lipinski definition) is 1. The van der Waals surface area contributed by atoms with Crippen molar-refractivity contribution in [3.05, 3.63) is 38.5 Å². The number of rotatable bonds is 3. The van der Waals surface area contributed by atoms with E-state index in [1.54, 1.807) is 0 Å². The summed E-state index contributed by atoms with van der Waals surface area (Å²) in [6.07, 6.45) is 0. The van der Waals surface area contributed by atoms with Gasteiger partial charge in [-0.25, -0.2) is 4.79 Å². The summed E-state index contributed by atoms with van der Waals surface area (Å²) in [7, 11) is 0. The molecule has 2 rings (SSSR count). The van der Waals surface area contributed by atoms with E-state index in [0.29, 0.717) is 10.6 Å². The molecule has 0 aliphatic heterocycles. The van der Waals surface area contributed by atoms with Crippen LogP contribution in [0.15, 0.2) is 16.7 Å². The molecule has 4 nitrogen and oxygen atoms in total. The van der Waals surface area contributed by atoms with Crippen molar-refractivity contribution in [1.82, 2.24) is 5.16 Å². The fourth-order valence-electron chi connectivity index (χ4n) is 1.84. The van der Waals surface area contributed by atoms with E-state index in [0.717, 1.165) is 0 Å². The minimum atomic E-state index is -1.15. The molecule has 0 fully saturated rings. The van der Waals surface area contributed by atoms with Crippen molar-refractivity contribution in [2.45, 2.75) is 19.8 Å². The highest BCUT2D eigenvalue weighted by Crippen LogP contribution is 2.40. The van der Waals surface area contributed by atoms with E-state index in [1.807, 2.05) is 13.8 Å². The molecular weight excluding hydrogens is 325 g/mol. The molecule has 0 atom stereocenters. The van der Waals surface area contributed by atoms with Crippen molar-refractivity contribution in [1.29, 1.82) is 0 Å². The molecule has 0 saturated heterocycles. The van der Waals surface area contributed by atoms with Crippen LogP contribution in [0.2, 0.25) is 15.1 Å². The molecule has 7 heteroatoms. The quantitative estimate of drug-likeness (QED) is 0.845. The summed E-state index contributed by atoms with van der Waals surface area (Å²) in [6.45, 7) is 3.61. The Morgan fingerprint density at radius 3 is 2.25 bits per heavy atom. The van der Waals surface area contributed by atoms with E-state index in [9.17, 15) is 9.90 Å². The molecule has 1 N–H and O–H groups in total. The predicted octanol–water partition coefficient (Wildman–Crippen LogP) is 5.12. The number of halogens is 3. The van der Waals surface area contributed by atoms with E-state index < -0.39 is 5.97 Å². The minimum absolute atomic E-state index is 0.0360. The van der Waals surface area contributed by atoms with Gasteiger partial charge in [-0.2, -0.15) is 0 Å². The van der Waals surface area contributed by atoms with Gasteiger partial charge in [-0.1, -0.05) is 53.8 Å². The number of nitrogens with zero attached hydrogens (tertiary/aromatic N) is 1. The average Bonchev–Trinajstić information content (AvgIpc) is 2.72. The van der Waals surface area contributed by atoms with Crippen LogP contribution in [0.3, 0.4) is 0 Å². The second kappa shape index (κ2) is 5.64. The summed E-state index contributed by atoms with van der Waals surface area (Å²) < 4.78 is 5.13. The normalized spacial score (nSPS) is 11.1. The lowest BCUT2D eigenvalue weighted by Crippen LogP contribution is -2.03. The lowest BCUT2D eigenvalue weighted by Gasteiger charge is -2.06. The second-order valence-corrected chi connectivity index (χ2v) is 5.73. The molecule has 106 valence electrons. The zero-order valence-corrected chi connectivity index (χ0v) is 12.8. The first-order valence-electron chi connectivity index (χ1n) is 5.70. The summed E-state index contributed by atoms with van der Waals surface area (Å²) in [5, 5.41) is 14.0. The molecule has 20 heavy (non-hydrogen) atoms. The molecule has 1 aromatic carbocycles. The Morgan fingerprint density at radius 1 is 1.25 bits per heavy atom. The van der Waals surface area contributed by atoms with Crippen LogP contribution in [0.1, 0.15) is 35.9 Å². The molecule has 0 aliphatic rings. The summed E-state index contributed by atoms with van der Waals surface area (Å²) in [5.74, 6) is -1.01. The number of carboxylic acids is 1. The Balaban J connectivity index is 2.74. The smallest absolute Gasteiger partial charge is 0.341 e. The van der Waals surface area contributed by atoms with Crippen molar-refractivity contribution >= 4 is 40.8 Å². The number of aromatic nitrogens is 1. The van der Waals surface area contributed by atoms with Crippen LogP contribution in [0, 0.1) is 0 Å². The van der Waals surface area contributed by atoms with Crippen molar-refractivity contribution in [3.8, 4) is 11.3 Å². The highest BCUT2D eigenvalue weighted by atomic mass is 35.5. The number of aromatic carboxylic acids is 1. The number of carbonyl (C=O) groups is 1. The summed E-state index contributed by atoms with van der Waals surface area (Å²) in [5.41, 5.74) is 0.366. The highest BCUT2D eigenvalue weighted by Gasteiger charge is 2.28. The molecule has 0 unspecified atom stereocenters.